The maximum Gasteiger partial charge on any atom is 0.0892 e. The highest BCUT2D eigenvalue weighted by Gasteiger charge is 2.05. The summed E-state index contributed by atoms with van der Waals surface area (Å²) >= 11 is 0. The molecule has 0 aliphatic heterocycles. The number of aliphatic hydroxyl groups excluding tert-OH is 2. The van der Waals surface area contributed by atoms with Crippen LogP contribution in [0.2, 0.25) is 0 Å². The molecule has 0 bridgehead atoms. The van der Waals surface area contributed by atoms with E-state index in [2.05, 4.69) is 106 Å². The summed E-state index contributed by atoms with van der Waals surface area (Å²) in [6.45, 7) is 7.45. The van der Waals surface area contributed by atoms with Crippen molar-refractivity contribution in [3.63, 3.8) is 0 Å². The number of anilines is 2. The van der Waals surface area contributed by atoms with Crippen LogP contribution < -0.4 is 9.80 Å². The van der Waals surface area contributed by atoms with Crippen molar-refractivity contribution >= 4 is 35.7 Å². The third kappa shape index (κ3) is 7.88. The summed E-state index contributed by atoms with van der Waals surface area (Å²) in [5.41, 5.74) is 8.18. The minimum absolute atomic E-state index is 0.145. The molecule has 2 N–H and O–H groups in total. The Morgan fingerprint density at radius 2 is 0.925 bits per heavy atom. The summed E-state index contributed by atoms with van der Waals surface area (Å²) in [6, 6.07) is 24.8. The van der Waals surface area contributed by atoms with E-state index in [0.717, 1.165) is 58.1 Å². The maximum atomic E-state index is 9.26. The van der Waals surface area contributed by atoms with E-state index < -0.39 is 0 Å². The van der Waals surface area contributed by atoms with Crippen LogP contribution in [0.1, 0.15) is 36.1 Å². The molecule has 0 radical (unpaired) electrons. The first-order valence-corrected chi connectivity index (χ1v) is 13.8. The van der Waals surface area contributed by atoms with Crippen LogP contribution in [0, 0.1) is 0 Å². The van der Waals surface area contributed by atoms with Gasteiger partial charge in [0.05, 0.1) is 24.6 Å². The number of likely N-dealkylation sites (N-methyl/N-ethyl adjacent to an activating group) is 2. The van der Waals surface area contributed by atoms with Crippen LogP contribution in [0.25, 0.3) is 35.7 Å². The fourth-order valence-electron chi connectivity index (χ4n) is 4.54. The Hall–Kier alpha value is -4.26. The lowest BCUT2D eigenvalue weighted by molar-refractivity contribution is 0.302. The molecule has 0 amide bonds. The number of hydrogen-bond donors (Lipinski definition) is 2. The van der Waals surface area contributed by atoms with Gasteiger partial charge in [0, 0.05) is 49.9 Å². The van der Waals surface area contributed by atoms with Gasteiger partial charge in [-0.15, -0.1) is 0 Å². The van der Waals surface area contributed by atoms with Crippen molar-refractivity contribution in [2.24, 2.45) is 0 Å². The fraction of sp³-hybridized carbons (Fsp3) is 0.235. The Kier molecular flexibility index (Phi) is 10.6. The zero-order valence-electron chi connectivity index (χ0n) is 23.3. The number of hydrogen-bond acceptors (Lipinski definition) is 6. The van der Waals surface area contributed by atoms with Crippen molar-refractivity contribution in [3.8, 4) is 11.4 Å². The molecule has 2 heterocycles. The lowest BCUT2D eigenvalue weighted by Gasteiger charge is -2.21. The fourth-order valence-corrected chi connectivity index (χ4v) is 4.54. The van der Waals surface area contributed by atoms with Gasteiger partial charge < -0.3 is 20.0 Å². The van der Waals surface area contributed by atoms with Crippen molar-refractivity contribution < 1.29 is 10.2 Å². The normalized spacial score (nSPS) is 11.4. The topological polar surface area (TPSA) is 72.7 Å². The van der Waals surface area contributed by atoms with Gasteiger partial charge in [0.1, 0.15) is 0 Å². The lowest BCUT2D eigenvalue weighted by atomic mass is 10.1. The molecule has 40 heavy (non-hydrogen) atoms. The number of aromatic nitrogens is 2. The molecule has 2 aromatic heterocycles. The molecular weight excluding hydrogens is 496 g/mol. The van der Waals surface area contributed by atoms with Crippen molar-refractivity contribution in [2.75, 3.05) is 49.2 Å². The zero-order chi connectivity index (χ0) is 28.2. The summed E-state index contributed by atoms with van der Waals surface area (Å²) in [4.78, 5) is 13.4. The average molecular weight is 535 g/mol. The van der Waals surface area contributed by atoms with Gasteiger partial charge in [-0.1, -0.05) is 48.6 Å². The molecule has 6 heteroatoms. The SMILES string of the molecule is CCN(CCO)c1ccc(/C=C/c2ccnc(-c3cc(/C=C/c4ccc(N(CC)CCO)cc4)ccn3)c2)cc1. The summed E-state index contributed by atoms with van der Waals surface area (Å²) < 4.78 is 0. The second kappa shape index (κ2) is 14.8. The Balaban J connectivity index is 1.44. The summed E-state index contributed by atoms with van der Waals surface area (Å²) in [5, 5.41) is 18.5. The van der Waals surface area contributed by atoms with Gasteiger partial charge in [0.15, 0.2) is 0 Å². The van der Waals surface area contributed by atoms with Gasteiger partial charge in [0.2, 0.25) is 0 Å². The van der Waals surface area contributed by atoms with Crippen LogP contribution in [-0.4, -0.2) is 59.6 Å². The Bertz CT molecular complexity index is 1290. The van der Waals surface area contributed by atoms with Gasteiger partial charge in [0.25, 0.3) is 0 Å². The Morgan fingerprint density at radius 1 is 0.550 bits per heavy atom. The largest absolute Gasteiger partial charge is 0.395 e. The first-order chi connectivity index (χ1) is 19.6. The van der Waals surface area contributed by atoms with E-state index in [1.54, 1.807) is 0 Å². The predicted octanol–water partition coefficient (Wildman–Crippen LogP) is 6.12. The van der Waals surface area contributed by atoms with E-state index in [1.807, 2.05) is 36.7 Å². The molecular formula is C34H38N4O2. The van der Waals surface area contributed by atoms with Crippen LogP contribution in [0.4, 0.5) is 11.4 Å². The molecule has 0 saturated carbocycles. The van der Waals surface area contributed by atoms with E-state index in [1.165, 1.54) is 0 Å². The first-order valence-electron chi connectivity index (χ1n) is 13.8. The number of rotatable bonds is 13. The number of nitrogens with zero attached hydrogens (tertiary/aromatic N) is 4. The second-order valence-electron chi connectivity index (χ2n) is 9.41. The number of pyridine rings is 2. The van der Waals surface area contributed by atoms with E-state index in [9.17, 15) is 10.2 Å². The summed E-state index contributed by atoms with van der Waals surface area (Å²) in [7, 11) is 0. The highest BCUT2D eigenvalue weighted by Crippen LogP contribution is 2.21. The van der Waals surface area contributed by atoms with Crippen molar-refractivity contribution in [3.05, 3.63) is 107 Å². The maximum absolute atomic E-state index is 9.26. The third-order valence-corrected chi connectivity index (χ3v) is 6.79. The molecule has 4 aromatic rings. The third-order valence-electron chi connectivity index (χ3n) is 6.79. The van der Waals surface area contributed by atoms with Gasteiger partial charge in [-0.25, -0.2) is 0 Å². The quantitative estimate of drug-likeness (QED) is 0.215. The predicted molar refractivity (Wildman–Crippen MR) is 168 cm³/mol. The minimum Gasteiger partial charge on any atom is -0.395 e. The van der Waals surface area contributed by atoms with Gasteiger partial charge in [-0.05, 0) is 84.6 Å². The standard InChI is InChI=1S/C34H38N4O2/c1-3-37(21-23-39)31-13-9-27(10-14-31)5-7-29-17-19-35-33(25-29)34-26-30(18-20-36-34)8-6-28-11-15-32(16-12-28)38(4-2)22-24-40/h5-20,25-26,39-40H,3-4,21-24H2,1-2H3/b7-5+,8-6+. The molecule has 6 nitrogen and oxygen atoms in total. The first kappa shape index (κ1) is 28.7. The Morgan fingerprint density at radius 3 is 1.27 bits per heavy atom. The summed E-state index contributed by atoms with van der Waals surface area (Å²) in [6.07, 6.45) is 12.0. The lowest BCUT2D eigenvalue weighted by Crippen LogP contribution is -2.25. The van der Waals surface area contributed by atoms with Crippen molar-refractivity contribution in [1.29, 1.82) is 0 Å². The monoisotopic (exact) mass is 534 g/mol. The molecule has 0 unspecified atom stereocenters. The molecule has 0 spiro atoms. The molecule has 0 atom stereocenters. The molecule has 0 aliphatic carbocycles. The van der Waals surface area contributed by atoms with Crippen LogP contribution >= 0.6 is 0 Å². The Labute approximate surface area is 237 Å². The van der Waals surface area contributed by atoms with E-state index >= 15 is 0 Å². The highest BCUT2D eigenvalue weighted by atomic mass is 16.3. The smallest absolute Gasteiger partial charge is 0.0892 e. The van der Waals surface area contributed by atoms with Crippen LogP contribution in [0.3, 0.4) is 0 Å². The minimum atomic E-state index is 0.145. The molecule has 0 fully saturated rings. The zero-order valence-corrected chi connectivity index (χ0v) is 23.3. The molecule has 2 aromatic carbocycles. The molecule has 206 valence electrons. The molecule has 0 saturated heterocycles. The number of aliphatic hydroxyl groups is 2. The van der Waals surface area contributed by atoms with Gasteiger partial charge >= 0.3 is 0 Å². The van der Waals surface area contributed by atoms with E-state index in [-0.39, 0.29) is 13.2 Å². The molecule has 0 aliphatic rings. The van der Waals surface area contributed by atoms with Crippen LogP contribution in [0.15, 0.2) is 85.2 Å². The summed E-state index contributed by atoms with van der Waals surface area (Å²) in [5.74, 6) is 0. The van der Waals surface area contributed by atoms with Crippen LogP contribution in [0.5, 0.6) is 0 Å². The second-order valence-corrected chi connectivity index (χ2v) is 9.41. The highest BCUT2D eigenvalue weighted by molar-refractivity contribution is 5.74. The average Bonchev–Trinajstić information content (AvgIpc) is 3.01. The van der Waals surface area contributed by atoms with Crippen molar-refractivity contribution in [1.82, 2.24) is 9.97 Å². The molecule has 4 rings (SSSR count). The van der Waals surface area contributed by atoms with Crippen molar-refractivity contribution in [2.45, 2.75) is 13.8 Å². The number of benzene rings is 2. The van der Waals surface area contributed by atoms with E-state index in [0.29, 0.717) is 13.1 Å². The van der Waals surface area contributed by atoms with E-state index in [4.69, 9.17) is 0 Å². The van der Waals surface area contributed by atoms with Crippen LogP contribution in [-0.2, 0) is 0 Å². The van der Waals surface area contributed by atoms with Gasteiger partial charge in [-0.2, -0.15) is 0 Å². The van der Waals surface area contributed by atoms with Gasteiger partial charge in [-0.3, -0.25) is 9.97 Å².